The average molecular weight is 298 g/mol. The number of carboxylic acid groups (broad SMARTS) is 1. The van der Waals surface area contributed by atoms with E-state index in [9.17, 15) is 19.2 Å². The Morgan fingerprint density at radius 3 is 2.62 bits per heavy atom. The third-order valence-electron chi connectivity index (χ3n) is 4.05. The van der Waals surface area contributed by atoms with Crippen molar-refractivity contribution in [1.82, 2.24) is 15.1 Å². The van der Waals surface area contributed by atoms with Gasteiger partial charge in [0.2, 0.25) is 11.8 Å². The minimum Gasteiger partial charge on any atom is -0.480 e. The molecular weight excluding hydrogens is 280 g/mol. The van der Waals surface area contributed by atoms with E-state index in [0.717, 1.165) is 4.90 Å². The van der Waals surface area contributed by atoms with Gasteiger partial charge in [-0.3, -0.25) is 14.5 Å². The number of amides is 4. The van der Waals surface area contributed by atoms with Crippen molar-refractivity contribution in [2.24, 2.45) is 11.1 Å². The summed E-state index contributed by atoms with van der Waals surface area (Å²) in [6.45, 7) is 1.68. The van der Waals surface area contributed by atoms with Gasteiger partial charge in [-0.25, -0.2) is 9.59 Å². The molecule has 0 aromatic carbocycles. The highest BCUT2D eigenvalue weighted by Crippen LogP contribution is 2.30. The molecule has 2 atom stereocenters. The Kier molecular flexibility index (Phi) is 3.75. The van der Waals surface area contributed by atoms with Gasteiger partial charge in [0, 0.05) is 19.6 Å². The van der Waals surface area contributed by atoms with Crippen LogP contribution >= 0.6 is 0 Å². The van der Waals surface area contributed by atoms with Gasteiger partial charge in [-0.1, -0.05) is 0 Å². The van der Waals surface area contributed by atoms with Gasteiger partial charge in [0.05, 0.1) is 5.41 Å². The molecule has 0 aliphatic carbocycles. The first-order valence-electron chi connectivity index (χ1n) is 6.59. The molecule has 0 spiro atoms. The molecule has 4 amide bonds. The molecule has 9 nitrogen and oxygen atoms in total. The number of primary amides is 1. The Morgan fingerprint density at radius 1 is 1.43 bits per heavy atom. The summed E-state index contributed by atoms with van der Waals surface area (Å²) in [7, 11) is 0. The van der Waals surface area contributed by atoms with Crippen LogP contribution in [-0.2, 0) is 14.4 Å². The first kappa shape index (κ1) is 15.1. The summed E-state index contributed by atoms with van der Waals surface area (Å²) in [6, 6.07) is -1.65. The van der Waals surface area contributed by atoms with E-state index < -0.39 is 35.3 Å². The van der Waals surface area contributed by atoms with E-state index in [1.807, 2.05) is 0 Å². The third-order valence-corrected chi connectivity index (χ3v) is 4.05. The number of likely N-dealkylation sites (tertiary alicyclic amines) is 1. The Hall–Kier alpha value is -2.32. The zero-order valence-electron chi connectivity index (χ0n) is 11.7. The van der Waals surface area contributed by atoms with Crippen molar-refractivity contribution < 1.29 is 24.3 Å². The number of carbonyl (C=O) groups is 4. The molecule has 2 heterocycles. The Labute approximate surface area is 121 Å². The van der Waals surface area contributed by atoms with Crippen molar-refractivity contribution in [2.45, 2.75) is 19.4 Å². The minimum absolute atomic E-state index is 0.124. The van der Waals surface area contributed by atoms with Crippen LogP contribution in [0.2, 0.25) is 0 Å². The second-order valence-electron chi connectivity index (χ2n) is 5.67. The lowest BCUT2D eigenvalue weighted by Crippen LogP contribution is -2.61. The van der Waals surface area contributed by atoms with Crippen LogP contribution in [-0.4, -0.2) is 70.9 Å². The van der Waals surface area contributed by atoms with Crippen LogP contribution in [0.4, 0.5) is 4.79 Å². The number of hydrogen-bond acceptors (Lipinski definition) is 4. The topological polar surface area (TPSA) is 133 Å². The highest BCUT2D eigenvalue weighted by molar-refractivity contribution is 5.91. The van der Waals surface area contributed by atoms with Crippen molar-refractivity contribution in [2.75, 3.05) is 26.2 Å². The molecule has 116 valence electrons. The zero-order chi connectivity index (χ0) is 15.8. The number of rotatable bonds is 2. The largest absolute Gasteiger partial charge is 0.480 e. The number of nitrogens with two attached hydrogens (primary N) is 1. The summed E-state index contributed by atoms with van der Waals surface area (Å²) in [6.07, 6.45) is 0.422. The summed E-state index contributed by atoms with van der Waals surface area (Å²) < 4.78 is 0. The number of urea groups is 1. The second-order valence-corrected chi connectivity index (χ2v) is 5.67. The molecule has 2 saturated heterocycles. The maximum absolute atomic E-state index is 12.4. The SMILES string of the molecule is CC1(C(N)=O)CCN(C(=O)N2CC(=O)NCC2C(=O)O)C1. The minimum atomic E-state index is -1.18. The molecule has 2 unspecified atom stereocenters. The van der Waals surface area contributed by atoms with Crippen molar-refractivity contribution >= 4 is 23.8 Å². The van der Waals surface area contributed by atoms with E-state index in [1.54, 1.807) is 6.92 Å². The number of hydrogen-bond donors (Lipinski definition) is 3. The van der Waals surface area contributed by atoms with Crippen LogP contribution in [0.5, 0.6) is 0 Å². The molecule has 2 rings (SSSR count). The number of piperazine rings is 1. The molecule has 0 radical (unpaired) electrons. The number of carboxylic acids is 1. The average Bonchev–Trinajstić information content (AvgIpc) is 2.81. The highest BCUT2D eigenvalue weighted by Gasteiger charge is 2.44. The molecule has 9 heteroatoms. The van der Waals surface area contributed by atoms with Gasteiger partial charge in [-0.15, -0.1) is 0 Å². The van der Waals surface area contributed by atoms with Crippen LogP contribution < -0.4 is 11.1 Å². The van der Waals surface area contributed by atoms with Gasteiger partial charge in [-0.2, -0.15) is 0 Å². The van der Waals surface area contributed by atoms with Crippen LogP contribution in [0.25, 0.3) is 0 Å². The molecule has 0 saturated carbocycles. The van der Waals surface area contributed by atoms with E-state index in [4.69, 9.17) is 10.8 Å². The zero-order valence-corrected chi connectivity index (χ0v) is 11.7. The van der Waals surface area contributed by atoms with Crippen molar-refractivity contribution in [1.29, 1.82) is 0 Å². The lowest BCUT2D eigenvalue weighted by Gasteiger charge is -2.35. The summed E-state index contributed by atoms with van der Waals surface area (Å²) in [5.74, 6) is -2.08. The van der Waals surface area contributed by atoms with Gasteiger partial charge in [-0.05, 0) is 13.3 Å². The second kappa shape index (κ2) is 5.23. The summed E-state index contributed by atoms with van der Waals surface area (Å²) >= 11 is 0. The molecular formula is C12H18N4O5. The van der Waals surface area contributed by atoms with Crippen molar-refractivity contribution in [3.8, 4) is 0 Å². The predicted molar refractivity (Wildman–Crippen MR) is 70.0 cm³/mol. The molecule has 21 heavy (non-hydrogen) atoms. The summed E-state index contributed by atoms with van der Waals surface area (Å²) in [5, 5.41) is 11.6. The monoisotopic (exact) mass is 298 g/mol. The number of nitrogens with one attached hydrogen (secondary N) is 1. The molecule has 0 aromatic rings. The Balaban J connectivity index is 2.13. The lowest BCUT2D eigenvalue weighted by molar-refractivity contribution is -0.144. The Morgan fingerprint density at radius 2 is 2.10 bits per heavy atom. The molecule has 0 aromatic heterocycles. The van der Waals surface area contributed by atoms with Gasteiger partial charge >= 0.3 is 12.0 Å². The number of aliphatic carboxylic acids is 1. The first-order valence-corrected chi connectivity index (χ1v) is 6.59. The third kappa shape index (κ3) is 2.76. The highest BCUT2D eigenvalue weighted by atomic mass is 16.4. The first-order chi connectivity index (χ1) is 9.74. The smallest absolute Gasteiger partial charge is 0.328 e. The fraction of sp³-hybridized carbons (Fsp3) is 0.667. The van der Waals surface area contributed by atoms with Crippen LogP contribution in [0, 0.1) is 5.41 Å². The molecule has 4 N–H and O–H groups in total. The fourth-order valence-corrected chi connectivity index (χ4v) is 2.57. The quantitative estimate of drug-likeness (QED) is 0.552. The van der Waals surface area contributed by atoms with Gasteiger partial charge in [0.1, 0.15) is 12.6 Å². The maximum atomic E-state index is 12.4. The van der Waals surface area contributed by atoms with E-state index >= 15 is 0 Å². The number of nitrogens with zero attached hydrogens (tertiary/aromatic N) is 2. The van der Waals surface area contributed by atoms with Gasteiger partial charge in [0.25, 0.3) is 0 Å². The predicted octanol–water partition coefficient (Wildman–Crippen LogP) is -1.81. The number of carbonyl (C=O) groups excluding carboxylic acids is 3. The standard InChI is InChI=1S/C12H18N4O5/c1-12(10(13)20)2-3-15(6-12)11(21)16-5-8(17)14-4-7(16)9(18)19/h7H,2-6H2,1H3,(H2,13,20)(H,14,17)(H,18,19). The maximum Gasteiger partial charge on any atom is 0.328 e. The fourth-order valence-electron chi connectivity index (χ4n) is 2.57. The summed E-state index contributed by atoms with van der Waals surface area (Å²) in [5.41, 5.74) is 4.51. The van der Waals surface area contributed by atoms with Crippen LogP contribution in [0.1, 0.15) is 13.3 Å². The molecule has 2 aliphatic rings. The van der Waals surface area contributed by atoms with E-state index in [1.165, 1.54) is 4.90 Å². The van der Waals surface area contributed by atoms with Gasteiger partial charge < -0.3 is 21.1 Å². The van der Waals surface area contributed by atoms with Gasteiger partial charge in [0.15, 0.2) is 0 Å². The van der Waals surface area contributed by atoms with E-state index in [2.05, 4.69) is 5.32 Å². The molecule has 2 fully saturated rings. The molecule has 2 aliphatic heterocycles. The van der Waals surface area contributed by atoms with Crippen molar-refractivity contribution in [3.05, 3.63) is 0 Å². The van der Waals surface area contributed by atoms with Crippen LogP contribution in [0.3, 0.4) is 0 Å². The van der Waals surface area contributed by atoms with Crippen molar-refractivity contribution in [3.63, 3.8) is 0 Å². The van der Waals surface area contributed by atoms with E-state index in [-0.39, 0.29) is 19.6 Å². The van der Waals surface area contributed by atoms with E-state index in [0.29, 0.717) is 13.0 Å². The molecule has 0 bridgehead atoms. The van der Waals surface area contributed by atoms with Crippen LogP contribution in [0.15, 0.2) is 0 Å². The lowest BCUT2D eigenvalue weighted by atomic mass is 9.89. The normalized spacial score (nSPS) is 29.2. The Bertz CT molecular complexity index is 508. The summed E-state index contributed by atoms with van der Waals surface area (Å²) in [4.78, 5) is 48.8.